The molecule has 0 radical (unpaired) electrons. The number of hydrogen-bond acceptors (Lipinski definition) is 3. The van der Waals surface area contributed by atoms with Gasteiger partial charge in [-0.15, -0.1) is 0 Å². The van der Waals surface area contributed by atoms with E-state index in [0.29, 0.717) is 0 Å². The topological polar surface area (TPSA) is 38.7 Å². The molecule has 3 heteroatoms. The molecule has 2 rings (SSSR count). The number of hydrogen-bond donors (Lipinski definition) is 1. The second kappa shape index (κ2) is 3.67. The molecule has 1 N–H and O–H groups in total. The van der Waals surface area contributed by atoms with Gasteiger partial charge < -0.3 is 14.6 Å². The van der Waals surface area contributed by atoms with Gasteiger partial charge in [-0.3, -0.25) is 0 Å². The Morgan fingerprint density at radius 3 is 2.38 bits per heavy atom. The highest BCUT2D eigenvalue weighted by atomic mass is 16.7. The lowest BCUT2D eigenvalue weighted by Gasteiger charge is -2.16. The van der Waals surface area contributed by atoms with Crippen molar-refractivity contribution >= 4 is 0 Å². The first kappa shape index (κ1) is 11.3. The Bertz CT molecular complexity index is 410. The summed E-state index contributed by atoms with van der Waals surface area (Å²) in [6.45, 7) is 7.94. The van der Waals surface area contributed by atoms with E-state index in [-0.39, 0.29) is 12.5 Å². The van der Waals surface area contributed by atoms with Crippen molar-refractivity contribution in [2.75, 3.05) is 6.61 Å². The van der Waals surface area contributed by atoms with Crippen LogP contribution in [0.15, 0.2) is 12.1 Å². The van der Waals surface area contributed by atoms with Crippen LogP contribution >= 0.6 is 0 Å². The molecule has 0 aliphatic carbocycles. The van der Waals surface area contributed by atoms with Crippen LogP contribution in [-0.4, -0.2) is 17.5 Å². The molecule has 0 amide bonds. The molecule has 0 aromatic heterocycles. The van der Waals surface area contributed by atoms with E-state index in [0.717, 1.165) is 22.6 Å². The van der Waals surface area contributed by atoms with E-state index in [2.05, 4.69) is 0 Å². The summed E-state index contributed by atoms with van der Waals surface area (Å²) >= 11 is 0. The van der Waals surface area contributed by atoms with Crippen molar-refractivity contribution < 1.29 is 14.6 Å². The minimum Gasteiger partial charge on any atom is -0.449 e. The van der Waals surface area contributed by atoms with Crippen molar-refractivity contribution in [1.29, 1.82) is 0 Å². The molecule has 1 aromatic carbocycles. The fourth-order valence-electron chi connectivity index (χ4n) is 2.02. The SMILES string of the molecule is Cc1cc2c(cc1C(C)CO)OC(C)(C)O2. The van der Waals surface area contributed by atoms with Crippen LogP contribution in [0.4, 0.5) is 0 Å². The second-order valence-corrected chi connectivity index (χ2v) is 4.84. The number of aliphatic hydroxyl groups excluding tert-OH is 1. The molecule has 3 nitrogen and oxygen atoms in total. The summed E-state index contributed by atoms with van der Waals surface area (Å²) in [6, 6.07) is 3.95. The number of benzene rings is 1. The van der Waals surface area contributed by atoms with Crippen molar-refractivity contribution in [1.82, 2.24) is 0 Å². The first-order chi connectivity index (χ1) is 7.43. The lowest BCUT2D eigenvalue weighted by molar-refractivity contribution is -0.0431. The highest BCUT2D eigenvalue weighted by Crippen LogP contribution is 2.42. The van der Waals surface area contributed by atoms with E-state index in [1.165, 1.54) is 0 Å². The van der Waals surface area contributed by atoms with Crippen molar-refractivity contribution in [2.45, 2.75) is 39.4 Å². The van der Waals surface area contributed by atoms with E-state index in [9.17, 15) is 5.11 Å². The molecule has 0 saturated carbocycles. The molecule has 88 valence electrons. The average molecular weight is 222 g/mol. The van der Waals surface area contributed by atoms with E-state index < -0.39 is 5.79 Å². The van der Waals surface area contributed by atoms with Gasteiger partial charge in [-0.2, -0.15) is 0 Å². The Hall–Kier alpha value is -1.22. The van der Waals surface area contributed by atoms with Gasteiger partial charge in [0.05, 0.1) is 0 Å². The predicted molar refractivity (Wildman–Crippen MR) is 62.0 cm³/mol. The van der Waals surface area contributed by atoms with Crippen LogP contribution in [0.5, 0.6) is 11.5 Å². The van der Waals surface area contributed by atoms with E-state index in [1.807, 2.05) is 39.8 Å². The number of aryl methyl sites for hydroxylation is 1. The minimum atomic E-state index is -0.587. The molecule has 0 saturated heterocycles. The molecule has 1 atom stereocenters. The van der Waals surface area contributed by atoms with E-state index >= 15 is 0 Å². The van der Waals surface area contributed by atoms with Gasteiger partial charge >= 0.3 is 0 Å². The second-order valence-electron chi connectivity index (χ2n) is 4.84. The van der Waals surface area contributed by atoms with Crippen LogP contribution in [0.1, 0.15) is 37.8 Å². The lowest BCUT2D eigenvalue weighted by Crippen LogP contribution is -2.29. The largest absolute Gasteiger partial charge is 0.449 e. The summed E-state index contributed by atoms with van der Waals surface area (Å²) in [4.78, 5) is 0. The summed E-state index contributed by atoms with van der Waals surface area (Å²) in [5, 5.41) is 9.19. The van der Waals surface area contributed by atoms with Crippen LogP contribution in [-0.2, 0) is 0 Å². The first-order valence-electron chi connectivity index (χ1n) is 5.56. The smallest absolute Gasteiger partial charge is 0.246 e. The number of rotatable bonds is 2. The van der Waals surface area contributed by atoms with Crippen molar-refractivity contribution in [3.8, 4) is 11.5 Å². The van der Waals surface area contributed by atoms with Crippen molar-refractivity contribution in [2.24, 2.45) is 0 Å². The fraction of sp³-hybridized carbons (Fsp3) is 0.538. The summed E-state index contributed by atoms with van der Waals surface area (Å²) in [5.74, 6) is 1.09. The molecule has 0 bridgehead atoms. The zero-order valence-electron chi connectivity index (χ0n) is 10.2. The molecule has 1 unspecified atom stereocenters. The normalized spacial score (nSPS) is 18.6. The van der Waals surface area contributed by atoms with Crippen molar-refractivity contribution in [3.05, 3.63) is 23.3 Å². The number of aliphatic hydroxyl groups is 1. The van der Waals surface area contributed by atoms with Crippen LogP contribution in [0.3, 0.4) is 0 Å². The van der Waals surface area contributed by atoms with Crippen LogP contribution in [0.25, 0.3) is 0 Å². The summed E-state index contributed by atoms with van der Waals surface area (Å²) < 4.78 is 11.3. The Morgan fingerprint density at radius 2 is 1.81 bits per heavy atom. The molecule has 1 aliphatic rings. The Labute approximate surface area is 96.0 Å². The standard InChI is InChI=1S/C13H18O3/c1-8-5-11-12(16-13(3,4)15-11)6-10(8)9(2)7-14/h5-6,9,14H,7H2,1-4H3. The third-order valence-electron chi connectivity index (χ3n) is 2.85. The van der Waals surface area contributed by atoms with Gasteiger partial charge in [0.2, 0.25) is 5.79 Å². The molecule has 0 spiro atoms. The zero-order chi connectivity index (χ0) is 11.9. The van der Waals surface area contributed by atoms with Crippen LogP contribution < -0.4 is 9.47 Å². The molecule has 1 aromatic rings. The highest BCUT2D eigenvalue weighted by Gasteiger charge is 2.32. The summed E-state index contributed by atoms with van der Waals surface area (Å²) in [7, 11) is 0. The molecule has 0 fully saturated rings. The van der Waals surface area contributed by atoms with E-state index in [4.69, 9.17) is 9.47 Å². The molecule has 1 heterocycles. The van der Waals surface area contributed by atoms with Crippen molar-refractivity contribution in [3.63, 3.8) is 0 Å². The van der Waals surface area contributed by atoms with Gasteiger partial charge in [0, 0.05) is 26.4 Å². The molecule has 1 aliphatic heterocycles. The lowest BCUT2D eigenvalue weighted by atomic mass is 9.96. The Morgan fingerprint density at radius 1 is 1.25 bits per heavy atom. The zero-order valence-corrected chi connectivity index (χ0v) is 10.2. The van der Waals surface area contributed by atoms with Gasteiger partial charge in [0.1, 0.15) is 0 Å². The quantitative estimate of drug-likeness (QED) is 0.836. The van der Waals surface area contributed by atoms with Gasteiger partial charge in [0.15, 0.2) is 11.5 Å². The van der Waals surface area contributed by atoms with Crippen LogP contribution in [0.2, 0.25) is 0 Å². The minimum absolute atomic E-state index is 0.123. The number of ether oxygens (including phenoxy) is 2. The Kier molecular flexibility index (Phi) is 2.58. The van der Waals surface area contributed by atoms with Gasteiger partial charge in [0.25, 0.3) is 0 Å². The Balaban J connectivity index is 2.41. The fourth-order valence-corrected chi connectivity index (χ4v) is 2.02. The molecular weight excluding hydrogens is 204 g/mol. The maximum absolute atomic E-state index is 9.19. The average Bonchev–Trinajstić information content (AvgIpc) is 2.48. The van der Waals surface area contributed by atoms with Gasteiger partial charge in [-0.25, -0.2) is 0 Å². The highest BCUT2D eigenvalue weighted by molar-refractivity contribution is 5.50. The third kappa shape index (κ3) is 1.87. The molecule has 16 heavy (non-hydrogen) atoms. The summed E-state index contributed by atoms with van der Waals surface area (Å²) in [5.41, 5.74) is 2.24. The van der Waals surface area contributed by atoms with Gasteiger partial charge in [-0.05, 0) is 30.2 Å². The number of fused-ring (bicyclic) bond motifs is 1. The predicted octanol–water partition coefficient (Wildman–Crippen LogP) is 2.60. The first-order valence-corrected chi connectivity index (χ1v) is 5.56. The van der Waals surface area contributed by atoms with Gasteiger partial charge in [-0.1, -0.05) is 6.92 Å². The monoisotopic (exact) mass is 222 g/mol. The van der Waals surface area contributed by atoms with E-state index in [1.54, 1.807) is 0 Å². The summed E-state index contributed by atoms with van der Waals surface area (Å²) in [6.07, 6.45) is 0. The molecular formula is C13H18O3. The van der Waals surface area contributed by atoms with Crippen LogP contribution in [0, 0.1) is 6.92 Å². The maximum Gasteiger partial charge on any atom is 0.246 e. The third-order valence-corrected chi connectivity index (χ3v) is 2.85. The maximum atomic E-state index is 9.19.